The van der Waals surface area contributed by atoms with Crippen molar-refractivity contribution in [2.45, 2.75) is 25.7 Å². The van der Waals surface area contributed by atoms with E-state index >= 15 is 0 Å². The predicted octanol–water partition coefficient (Wildman–Crippen LogP) is 2.81. The van der Waals surface area contributed by atoms with E-state index in [1.807, 2.05) is 12.1 Å². The van der Waals surface area contributed by atoms with E-state index in [2.05, 4.69) is 6.07 Å². The minimum Gasteiger partial charge on any atom is -0.259 e. The van der Waals surface area contributed by atoms with E-state index in [1.165, 1.54) is 24.0 Å². The van der Waals surface area contributed by atoms with Gasteiger partial charge in [0, 0.05) is 6.08 Å². The summed E-state index contributed by atoms with van der Waals surface area (Å²) in [4.78, 5) is 9.84. The maximum atomic E-state index is 10.3. The molecule has 0 radical (unpaired) electrons. The zero-order chi connectivity index (χ0) is 10.7. The summed E-state index contributed by atoms with van der Waals surface area (Å²) in [6, 6.07) is 6.05. The first-order chi connectivity index (χ1) is 7.27. The number of nitrogens with zero attached hydrogens (tertiary/aromatic N) is 1. The van der Waals surface area contributed by atoms with Gasteiger partial charge in [0.05, 0.1) is 4.92 Å². The Morgan fingerprint density at radius 2 is 2.07 bits per heavy atom. The van der Waals surface area contributed by atoms with Crippen LogP contribution in [-0.2, 0) is 12.8 Å². The van der Waals surface area contributed by atoms with Crippen LogP contribution < -0.4 is 0 Å². The normalized spacial score (nSPS) is 15.2. The van der Waals surface area contributed by atoms with Gasteiger partial charge in [-0.25, -0.2) is 0 Å². The summed E-state index contributed by atoms with van der Waals surface area (Å²) in [6.45, 7) is 0. The van der Waals surface area contributed by atoms with E-state index in [1.54, 1.807) is 6.08 Å². The molecule has 3 nitrogen and oxygen atoms in total. The molecule has 0 fully saturated rings. The number of hydrogen-bond donors (Lipinski definition) is 0. The van der Waals surface area contributed by atoms with Crippen molar-refractivity contribution in [1.82, 2.24) is 0 Å². The topological polar surface area (TPSA) is 43.1 Å². The van der Waals surface area contributed by atoms with Crippen LogP contribution in [0.5, 0.6) is 0 Å². The zero-order valence-corrected chi connectivity index (χ0v) is 8.48. The molecular weight excluding hydrogens is 190 g/mol. The Morgan fingerprint density at radius 1 is 1.27 bits per heavy atom. The number of hydrogen-bond acceptors (Lipinski definition) is 2. The van der Waals surface area contributed by atoms with Crippen LogP contribution in [0.4, 0.5) is 0 Å². The molecule has 78 valence electrons. The van der Waals surface area contributed by atoms with Crippen LogP contribution in [0.25, 0.3) is 6.08 Å². The van der Waals surface area contributed by atoms with Gasteiger partial charge in [-0.1, -0.05) is 18.2 Å². The molecule has 0 bridgehead atoms. The van der Waals surface area contributed by atoms with Crippen LogP contribution >= 0.6 is 0 Å². The van der Waals surface area contributed by atoms with Gasteiger partial charge in [-0.3, -0.25) is 10.1 Å². The van der Waals surface area contributed by atoms with Crippen molar-refractivity contribution in [3.63, 3.8) is 0 Å². The summed E-state index contributed by atoms with van der Waals surface area (Å²) >= 11 is 0. The largest absolute Gasteiger partial charge is 0.259 e. The third kappa shape index (κ3) is 2.24. The second-order valence-corrected chi connectivity index (χ2v) is 3.79. The molecule has 0 aliphatic heterocycles. The molecule has 0 heterocycles. The number of benzene rings is 1. The zero-order valence-electron chi connectivity index (χ0n) is 8.48. The molecule has 1 aliphatic rings. The highest BCUT2D eigenvalue weighted by molar-refractivity contribution is 5.55. The van der Waals surface area contributed by atoms with Gasteiger partial charge in [0.2, 0.25) is 6.20 Å². The van der Waals surface area contributed by atoms with E-state index in [0.717, 1.165) is 24.6 Å². The lowest BCUT2D eigenvalue weighted by Crippen LogP contribution is -2.04. The van der Waals surface area contributed by atoms with Crippen molar-refractivity contribution >= 4 is 6.08 Å². The molecule has 0 saturated heterocycles. The molecule has 0 amide bonds. The molecule has 0 aromatic heterocycles. The summed E-state index contributed by atoms with van der Waals surface area (Å²) in [5.74, 6) is 0. The number of nitro groups is 1. The second kappa shape index (κ2) is 4.26. The average molecular weight is 203 g/mol. The Hall–Kier alpha value is -1.64. The van der Waals surface area contributed by atoms with E-state index < -0.39 is 4.92 Å². The Bertz CT molecular complexity index is 410. The molecule has 2 rings (SSSR count). The van der Waals surface area contributed by atoms with Crippen LogP contribution in [0.2, 0.25) is 0 Å². The summed E-state index contributed by atoms with van der Waals surface area (Å²) in [5, 5.41) is 10.3. The first-order valence-electron chi connectivity index (χ1n) is 5.20. The van der Waals surface area contributed by atoms with Gasteiger partial charge in [-0.2, -0.15) is 0 Å². The van der Waals surface area contributed by atoms with E-state index in [0.29, 0.717) is 0 Å². The molecule has 3 heteroatoms. The molecule has 0 saturated carbocycles. The summed E-state index contributed by atoms with van der Waals surface area (Å²) in [5.41, 5.74) is 3.65. The Labute approximate surface area is 88.6 Å². The summed E-state index contributed by atoms with van der Waals surface area (Å²) in [7, 11) is 0. The summed E-state index contributed by atoms with van der Waals surface area (Å²) in [6.07, 6.45) is 7.20. The van der Waals surface area contributed by atoms with Gasteiger partial charge >= 0.3 is 0 Å². The van der Waals surface area contributed by atoms with Crippen LogP contribution in [0.3, 0.4) is 0 Å². The standard InChI is InChI=1S/C12H13NO2/c14-13(15)9-8-11-6-3-5-10-4-1-2-7-12(10)11/h3,5-6,8-9H,1-2,4,7H2/b9-8+. The molecule has 0 spiro atoms. The molecule has 1 aromatic carbocycles. The van der Waals surface area contributed by atoms with Gasteiger partial charge in [0.25, 0.3) is 0 Å². The maximum Gasteiger partial charge on any atom is 0.235 e. The fraction of sp³-hybridized carbons (Fsp3) is 0.333. The highest BCUT2D eigenvalue weighted by atomic mass is 16.6. The first-order valence-corrected chi connectivity index (χ1v) is 5.20. The fourth-order valence-corrected chi connectivity index (χ4v) is 2.11. The minimum atomic E-state index is -0.414. The van der Waals surface area contributed by atoms with Crippen LogP contribution in [-0.4, -0.2) is 4.92 Å². The Morgan fingerprint density at radius 3 is 2.87 bits per heavy atom. The first kappa shape index (κ1) is 9.90. The number of rotatable bonds is 2. The maximum absolute atomic E-state index is 10.3. The fourth-order valence-electron chi connectivity index (χ4n) is 2.11. The Kier molecular flexibility index (Phi) is 2.81. The lowest BCUT2D eigenvalue weighted by Gasteiger charge is -2.17. The quantitative estimate of drug-likeness (QED) is 0.548. The molecule has 1 aliphatic carbocycles. The summed E-state index contributed by atoms with van der Waals surface area (Å²) < 4.78 is 0. The molecule has 1 aromatic rings. The smallest absolute Gasteiger partial charge is 0.235 e. The van der Waals surface area contributed by atoms with Gasteiger partial charge in [-0.05, 0) is 42.4 Å². The van der Waals surface area contributed by atoms with Crippen LogP contribution in [0.1, 0.15) is 29.5 Å². The lowest BCUT2D eigenvalue weighted by molar-refractivity contribution is -0.400. The predicted molar refractivity (Wildman–Crippen MR) is 59.1 cm³/mol. The van der Waals surface area contributed by atoms with Crippen LogP contribution in [0, 0.1) is 10.1 Å². The molecule has 0 atom stereocenters. The monoisotopic (exact) mass is 203 g/mol. The van der Waals surface area contributed by atoms with Gasteiger partial charge < -0.3 is 0 Å². The third-order valence-electron chi connectivity index (χ3n) is 2.81. The van der Waals surface area contributed by atoms with Crippen molar-refractivity contribution in [3.8, 4) is 0 Å². The van der Waals surface area contributed by atoms with Crippen LogP contribution in [0.15, 0.2) is 24.4 Å². The molecule has 0 N–H and O–H groups in total. The number of aryl methyl sites for hydroxylation is 1. The van der Waals surface area contributed by atoms with Gasteiger partial charge in [0.15, 0.2) is 0 Å². The highest BCUT2D eigenvalue weighted by Crippen LogP contribution is 2.25. The number of fused-ring (bicyclic) bond motifs is 1. The molecule has 15 heavy (non-hydrogen) atoms. The van der Waals surface area contributed by atoms with Crippen molar-refractivity contribution < 1.29 is 4.92 Å². The van der Waals surface area contributed by atoms with Crippen molar-refractivity contribution in [3.05, 3.63) is 51.2 Å². The van der Waals surface area contributed by atoms with Crippen molar-refractivity contribution in [1.29, 1.82) is 0 Å². The van der Waals surface area contributed by atoms with Gasteiger partial charge in [-0.15, -0.1) is 0 Å². The Balaban J connectivity index is 2.35. The lowest BCUT2D eigenvalue weighted by atomic mass is 9.88. The highest BCUT2D eigenvalue weighted by Gasteiger charge is 2.11. The second-order valence-electron chi connectivity index (χ2n) is 3.79. The molecule has 0 unspecified atom stereocenters. The van der Waals surface area contributed by atoms with Gasteiger partial charge in [0.1, 0.15) is 0 Å². The average Bonchev–Trinajstić information content (AvgIpc) is 2.26. The third-order valence-corrected chi connectivity index (χ3v) is 2.81. The molecular formula is C12H13NO2. The van der Waals surface area contributed by atoms with Crippen molar-refractivity contribution in [2.75, 3.05) is 0 Å². The minimum absolute atomic E-state index is 0.414. The van der Waals surface area contributed by atoms with Crippen molar-refractivity contribution in [2.24, 2.45) is 0 Å². The van der Waals surface area contributed by atoms with E-state index in [9.17, 15) is 10.1 Å². The van der Waals surface area contributed by atoms with E-state index in [4.69, 9.17) is 0 Å². The SMILES string of the molecule is O=[N+]([O-])/C=C/c1cccc2c1CCCC2. The van der Waals surface area contributed by atoms with E-state index in [-0.39, 0.29) is 0 Å².